The molecule has 16 heteroatoms. The van der Waals surface area contributed by atoms with E-state index in [9.17, 15) is 14.4 Å². The summed E-state index contributed by atoms with van der Waals surface area (Å²) in [5.74, 6) is 0. The topological polar surface area (TPSA) is 226 Å². The SMILES string of the molecule is Cc1cn([C@H]2CC(N=[N+]=[N-])[C@@H](CO)O2)c(=O)[nH]c1=O.O=c1[nH]cnc2c1ncn2[C@H]1CC[C@@H](CO)O1. The molecule has 192 valence electrons. The number of azide groups is 1. The van der Waals surface area contributed by atoms with E-state index in [2.05, 4.69) is 30.0 Å². The smallest absolute Gasteiger partial charge is 0.330 e. The summed E-state index contributed by atoms with van der Waals surface area (Å²) in [5.41, 5.74) is 8.32. The fourth-order valence-corrected chi connectivity index (χ4v) is 4.14. The molecule has 2 saturated heterocycles. The molecule has 0 spiro atoms. The molecule has 0 bridgehead atoms. The summed E-state index contributed by atoms with van der Waals surface area (Å²) in [6.45, 7) is 1.27. The predicted octanol–water partition coefficient (Wildman–Crippen LogP) is -0.407. The molecule has 3 aromatic rings. The van der Waals surface area contributed by atoms with Gasteiger partial charge in [-0.1, -0.05) is 5.11 Å². The number of aliphatic hydroxyl groups excluding tert-OH is 2. The second-order valence-corrected chi connectivity index (χ2v) is 8.33. The van der Waals surface area contributed by atoms with Crippen molar-refractivity contribution in [1.82, 2.24) is 29.1 Å². The summed E-state index contributed by atoms with van der Waals surface area (Å²) in [7, 11) is 0. The van der Waals surface area contributed by atoms with E-state index in [0.717, 1.165) is 12.8 Å². The fraction of sp³-hybridized carbons (Fsp3) is 0.550. The van der Waals surface area contributed by atoms with Crippen LogP contribution in [0.4, 0.5) is 0 Å². The van der Waals surface area contributed by atoms with Crippen molar-refractivity contribution in [3.05, 3.63) is 66.0 Å². The molecular weight excluding hydrogens is 478 g/mol. The summed E-state index contributed by atoms with van der Waals surface area (Å²) in [5, 5.41) is 21.7. The fourth-order valence-electron chi connectivity index (χ4n) is 4.14. The van der Waals surface area contributed by atoms with Crippen LogP contribution in [0.15, 0.2) is 38.3 Å². The number of fused-ring (bicyclic) bond motifs is 1. The van der Waals surface area contributed by atoms with Gasteiger partial charge in [-0.2, -0.15) is 0 Å². The third kappa shape index (κ3) is 5.07. The summed E-state index contributed by atoms with van der Waals surface area (Å²) >= 11 is 0. The van der Waals surface area contributed by atoms with Gasteiger partial charge < -0.3 is 24.7 Å². The average molecular weight is 503 g/mol. The lowest BCUT2D eigenvalue weighted by Gasteiger charge is -2.14. The molecule has 4 N–H and O–H groups in total. The zero-order valence-corrected chi connectivity index (χ0v) is 19.2. The first-order valence-corrected chi connectivity index (χ1v) is 11.1. The van der Waals surface area contributed by atoms with Gasteiger partial charge in [0.1, 0.15) is 12.5 Å². The molecule has 5 heterocycles. The number of H-pyrrole nitrogens is 2. The second kappa shape index (κ2) is 10.8. The van der Waals surface area contributed by atoms with E-state index in [1.165, 1.54) is 17.1 Å². The summed E-state index contributed by atoms with van der Waals surface area (Å²) in [4.78, 5) is 49.9. The van der Waals surface area contributed by atoms with E-state index < -0.39 is 29.6 Å². The first-order chi connectivity index (χ1) is 17.4. The van der Waals surface area contributed by atoms with Crippen molar-refractivity contribution in [3.8, 4) is 0 Å². The number of nitrogens with zero attached hydrogens (tertiary/aromatic N) is 7. The van der Waals surface area contributed by atoms with Crippen LogP contribution in [0.1, 0.15) is 37.3 Å². The molecule has 0 radical (unpaired) electrons. The quantitative estimate of drug-likeness (QED) is 0.201. The van der Waals surface area contributed by atoms with E-state index in [1.807, 2.05) is 0 Å². The molecule has 2 aliphatic rings. The molecule has 0 aliphatic carbocycles. The Morgan fingerprint density at radius 3 is 2.64 bits per heavy atom. The molecule has 0 amide bonds. The molecule has 5 atom stereocenters. The van der Waals surface area contributed by atoms with Crippen LogP contribution < -0.4 is 16.8 Å². The Kier molecular flexibility index (Phi) is 7.61. The molecular formula is C20H25N9O7. The van der Waals surface area contributed by atoms with Crippen molar-refractivity contribution in [2.75, 3.05) is 13.2 Å². The number of aryl methyl sites for hydroxylation is 1. The first-order valence-electron chi connectivity index (χ1n) is 11.1. The van der Waals surface area contributed by atoms with Crippen molar-refractivity contribution >= 4 is 11.2 Å². The van der Waals surface area contributed by atoms with E-state index in [0.29, 0.717) is 16.7 Å². The number of imidazole rings is 1. The number of nitrogens with one attached hydrogen (secondary N) is 2. The third-order valence-electron chi connectivity index (χ3n) is 6.00. The summed E-state index contributed by atoms with van der Waals surface area (Å²) < 4.78 is 14.1. The highest BCUT2D eigenvalue weighted by Gasteiger charge is 2.35. The maximum Gasteiger partial charge on any atom is 0.330 e. The van der Waals surface area contributed by atoms with Gasteiger partial charge in [0.25, 0.3) is 11.1 Å². The Balaban J connectivity index is 0.000000170. The molecule has 36 heavy (non-hydrogen) atoms. The van der Waals surface area contributed by atoms with E-state index >= 15 is 0 Å². The van der Waals surface area contributed by atoms with Gasteiger partial charge in [0.05, 0.1) is 44.1 Å². The third-order valence-corrected chi connectivity index (χ3v) is 6.00. The van der Waals surface area contributed by atoms with Crippen LogP contribution in [-0.4, -0.2) is 70.7 Å². The Bertz CT molecular complexity index is 1440. The van der Waals surface area contributed by atoms with Gasteiger partial charge in [0, 0.05) is 23.1 Å². The van der Waals surface area contributed by atoms with Gasteiger partial charge in [-0.25, -0.2) is 14.8 Å². The Morgan fingerprint density at radius 2 is 1.94 bits per heavy atom. The highest BCUT2D eigenvalue weighted by Crippen LogP contribution is 2.30. The van der Waals surface area contributed by atoms with Gasteiger partial charge in [0.15, 0.2) is 11.2 Å². The minimum atomic E-state index is -0.671. The van der Waals surface area contributed by atoms with Gasteiger partial charge in [-0.15, -0.1) is 0 Å². The maximum atomic E-state index is 11.7. The lowest BCUT2D eigenvalue weighted by atomic mass is 10.1. The number of aliphatic hydroxyl groups is 2. The van der Waals surface area contributed by atoms with E-state index in [4.69, 9.17) is 25.2 Å². The number of aromatic amines is 2. The van der Waals surface area contributed by atoms with Gasteiger partial charge in [-0.3, -0.25) is 23.7 Å². The Labute approximate surface area is 201 Å². The number of hydrogen-bond donors (Lipinski definition) is 4. The van der Waals surface area contributed by atoms with Gasteiger partial charge in [-0.05, 0) is 25.3 Å². The van der Waals surface area contributed by atoms with Crippen LogP contribution in [0.25, 0.3) is 21.6 Å². The largest absolute Gasteiger partial charge is 0.394 e. The number of ether oxygens (including phenoxy) is 2. The van der Waals surface area contributed by atoms with Crippen LogP contribution in [0, 0.1) is 6.92 Å². The zero-order chi connectivity index (χ0) is 25.8. The van der Waals surface area contributed by atoms with Crippen molar-refractivity contribution in [1.29, 1.82) is 0 Å². The van der Waals surface area contributed by atoms with E-state index in [-0.39, 0.29) is 37.5 Å². The van der Waals surface area contributed by atoms with Gasteiger partial charge in [0.2, 0.25) is 0 Å². The normalized spacial score (nSPS) is 25.4. The predicted molar refractivity (Wildman–Crippen MR) is 123 cm³/mol. The highest BCUT2D eigenvalue weighted by atomic mass is 16.5. The van der Waals surface area contributed by atoms with E-state index in [1.54, 1.807) is 17.8 Å². The zero-order valence-electron chi connectivity index (χ0n) is 19.2. The Morgan fingerprint density at radius 1 is 1.14 bits per heavy atom. The lowest BCUT2D eigenvalue weighted by molar-refractivity contribution is -0.0271. The highest BCUT2D eigenvalue weighted by molar-refractivity contribution is 5.68. The molecule has 0 aromatic carbocycles. The molecule has 5 rings (SSSR count). The average Bonchev–Trinajstić information content (AvgIpc) is 3.60. The second-order valence-electron chi connectivity index (χ2n) is 8.33. The van der Waals surface area contributed by atoms with Crippen molar-refractivity contribution in [3.63, 3.8) is 0 Å². The first kappa shape index (κ1) is 25.3. The van der Waals surface area contributed by atoms with Crippen LogP contribution in [0.3, 0.4) is 0 Å². The molecule has 0 saturated carbocycles. The number of rotatable bonds is 5. The minimum absolute atomic E-state index is 0.0111. The lowest BCUT2D eigenvalue weighted by Crippen LogP contribution is -2.33. The van der Waals surface area contributed by atoms with Crippen LogP contribution in [-0.2, 0) is 9.47 Å². The minimum Gasteiger partial charge on any atom is -0.394 e. The molecule has 3 aromatic heterocycles. The van der Waals surface area contributed by atoms with Gasteiger partial charge >= 0.3 is 5.69 Å². The van der Waals surface area contributed by atoms with Crippen LogP contribution >= 0.6 is 0 Å². The molecule has 2 aliphatic heterocycles. The molecule has 16 nitrogen and oxygen atoms in total. The maximum absolute atomic E-state index is 11.7. The standard InChI is InChI=1S/C10H13N5O4.C10H12N4O3/c1-5-3-15(10(18)12-9(5)17)8-2-6(13-14-11)7(4-16)19-8;15-3-6-1-2-7(17-6)14-5-13-8-9(14)11-4-12-10(8)16/h3,6-8,16H,2,4H2,1H3,(H,12,17,18);4-7,15H,1-3H2,(H,11,12,16)/t6?,7-,8-;6-,7+/m10/s1. The summed E-state index contributed by atoms with van der Waals surface area (Å²) in [6.07, 6.45) is 4.47. The Hall–Kier alpha value is -3.82. The van der Waals surface area contributed by atoms with Crippen LogP contribution in [0.2, 0.25) is 0 Å². The van der Waals surface area contributed by atoms with Crippen molar-refractivity contribution in [2.45, 2.75) is 56.9 Å². The number of aromatic nitrogens is 6. The van der Waals surface area contributed by atoms with Crippen LogP contribution in [0.5, 0.6) is 0 Å². The molecule has 1 unspecified atom stereocenters. The van der Waals surface area contributed by atoms with Crippen molar-refractivity contribution in [2.24, 2.45) is 5.11 Å². The summed E-state index contributed by atoms with van der Waals surface area (Å²) in [6, 6.07) is -0.542. The molecule has 2 fully saturated rings. The number of hydrogen-bond acceptors (Lipinski definition) is 10. The monoisotopic (exact) mass is 503 g/mol. The van der Waals surface area contributed by atoms with Crippen molar-refractivity contribution < 1.29 is 19.7 Å².